The number of nitrogens with zero attached hydrogens (tertiary/aromatic N) is 1. The molecule has 0 aromatic rings. The average molecular weight is 268 g/mol. The van der Waals surface area contributed by atoms with Crippen molar-refractivity contribution in [3.8, 4) is 0 Å². The van der Waals surface area contributed by atoms with Gasteiger partial charge in [0.05, 0.1) is 13.0 Å². The molecule has 5 nitrogen and oxygen atoms in total. The van der Waals surface area contributed by atoms with Crippen LogP contribution in [0.15, 0.2) is 0 Å². The van der Waals surface area contributed by atoms with Gasteiger partial charge < -0.3 is 10.1 Å². The fraction of sp³-hybridized carbons (Fsp3) is 0.857. The van der Waals surface area contributed by atoms with E-state index < -0.39 is 0 Å². The highest BCUT2D eigenvalue weighted by Gasteiger charge is 2.44. The lowest BCUT2D eigenvalue weighted by atomic mass is 9.89. The van der Waals surface area contributed by atoms with Crippen molar-refractivity contribution in [2.45, 2.75) is 51.1 Å². The smallest absolute Gasteiger partial charge is 0.323 e. The Labute approximate surface area is 114 Å². The molecule has 5 heteroatoms. The highest BCUT2D eigenvalue weighted by molar-refractivity contribution is 5.82. The van der Waals surface area contributed by atoms with Crippen LogP contribution in [0.3, 0.4) is 0 Å². The van der Waals surface area contributed by atoms with Gasteiger partial charge in [0, 0.05) is 12.6 Å². The molecule has 0 bridgehead atoms. The summed E-state index contributed by atoms with van der Waals surface area (Å²) in [6.07, 6.45) is 4.81. The molecule has 108 valence electrons. The largest absolute Gasteiger partial charge is 0.468 e. The van der Waals surface area contributed by atoms with E-state index in [1.165, 1.54) is 7.11 Å². The summed E-state index contributed by atoms with van der Waals surface area (Å²) in [4.78, 5) is 26.0. The number of carbonyl (C=O) groups excluding carboxylic acids is 2. The summed E-state index contributed by atoms with van der Waals surface area (Å²) in [5.74, 6) is 0.0461. The van der Waals surface area contributed by atoms with Gasteiger partial charge in [0.15, 0.2) is 0 Å². The molecule has 0 spiro atoms. The molecule has 1 N–H and O–H groups in total. The van der Waals surface area contributed by atoms with Crippen LogP contribution in [0, 0.1) is 5.92 Å². The number of fused-ring (bicyclic) bond motifs is 1. The van der Waals surface area contributed by atoms with Crippen LogP contribution in [-0.4, -0.2) is 49.1 Å². The van der Waals surface area contributed by atoms with E-state index in [-0.39, 0.29) is 29.9 Å². The summed E-state index contributed by atoms with van der Waals surface area (Å²) in [7, 11) is 1.45. The number of methoxy groups -OCH3 is 1. The van der Waals surface area contributed by atoms with Gasteiger partial charge in [-0.25, -0.2) is 0 Å². The van der Waals surface area contributed by atoms with Crippen LogP contribution >= 0.6 is 0 Å². The van der Waals surface area contributed by atoms with Crippen LogP contribution in [0.4, 0.5) is 0 Å². The number of rotatable bonds is 5. The molecular weight excluding hydrogens is 244 g/mol. The van der Waals surface area contributed by atoms with E-state index >= 15 is 0 Å². The number of piperidine rings is 1. The molecular formula is C14H24N2O3. The summed E-state index contributed by atoms with van der Waals surface area (Å²) >= 11 is 0. The van der Waals surface area contributed by atoms with Crippen LogP contribution in [0.1, 0.15) is 39.0 Å². The lowest BCUT2D eigenvalue weighted by Crippen LogP contribution is -2.53. The molecule has 0 saturated carbocycles. The van der Waals surface area contributed by atoms with Crippen molar-refractivity contribution in [1.29, 1.82) is 0 Å². The number of unbranched alkanes of at least 4 members (excludes halogenated alkanes) is 1. The number of nitrogens with one attached hydrogen (secondary N) is 1. The van der Waals surface area contributed by atoms with Gasteiger partial charge in [-0.05, 0) is 25.8 Å². The van der Waals surface area contributed by atoms with Crippen molar-refractivity contribution >= 4 is 11.9 Å². The first-order valence-electron chi connectivity index (χ1n) is 7.30. The second-order valence-electron chi connectivity index (χ2n) is 5.48. The van der Waals surface area contributed by atoms with Gasteiger partial charge in [0.2, 0.25) is 5.91 Å². The van der Waals surface area contributed by atoms with Crippen molar-refractivity contribution in [1.82, 2.24) is 10.2 Å². The molecule has 1 amide bonds. The number of likely N-dealkylation sites (tertiary alicyclic amines) is 1. The Hall–Kier alpha value is -1.10. The first-order valence-corrected chi connectivity index (χ1v) is 7.30. The first kappa shape index (κ1) is 14.3. The third kappa shape index (κ3) is 2.91. The fourth-order valence-electron chi connectivity index (χ4n) is 3.32. The Balaban J connectivity index is 2.10. The Morgan fingerprint density at radius 3 is 3.05 bits per heavy atom. The number of hydrogen-bond donors (Lipinski definition) is 1. The predicted molar refractivity (Wildman–Crippen MR) is 71.6 cm³/mol. The molecule has 0 aromatic carbocycles. The Kier molecular flexibility index (Phi) is 4.80. The third-order valence-corrected chi connectivity index (χ3v) is 4.35. The molecule has 2 saturated heterocycles. The second kappa shape index (κ2) is 6.37. The van der Waals surface area contributed by atoms with E-state index in [4.69, 9.17) is 4.74 Å². The quantitative estimate of drug-likeness (QED) is 0.754. The van der Waals surface area contributed by atoms with Crippen LogP contribution < -0.4 is 5.32 Å². The van der Waals surface area contributed by atoms with Gasteiger partial charge in [0.25, 0.3) is 0 Å². The second-order valence-corrected chi connectivity index (χ2v) is 5.48. The number of ether oxygens (including phenoxy) is 1. The van der Waals surface area contributed by atoms with Crippen molar-refractivity contribution in [2.75, 3.05) is 20.2 Å². The molecule has 2 aliphatic rings. The van der Waals surface area contributed by atoms with E-state index in [2.05, 4.69) is 17.1 Å². The van der Waals surface area contributed by atoms with E-state index in [0.717, 1.165) is 38.6 Å². The predicted octanol–water partition coefficient (Wildman–Crippen LogP) is 0.929. The molecule has 2 heterocycles. The molecule has 0 radical (unpaired) electrons. The van der Waals surface area contributed by atoms with Crippen molar-refractivity contribution in [3.05, 3.63) is 0 Å². The summed E-state index contributed by atoms with van der Waals surface area (Å²) in [6, 6.07) is -0.0207. The first-order chi connectivity index (χ1) is 9.19. The summed E-state index contributed by atoms with van der Waals surface area (Å²) in [5.41, 5.74) is 0. The summed E-state index contributed by atoms with van der Waals surface area (Å²) < 4.78 is 4.95. The molecule has 2 rings (SSSR count). The summed E-state index contributed by atoms with van der Waals surface area (Å²) in [6.45, 7) is 3.68. The van der Waals surface area contributed by atoms with E-state index in [1.54, 1.807) is 0 Å². The minimum atomic E-state index is -0.189. The zero-order valence-electron chi connectivity index (χ0n) is 11.9. The normalized spacial score (nSPS) is 28.6. The Morgan fingerprint density at radius 1 is 1.58 bits per heavy atom. The highest BCUT2D eigenvalue weighted by atomic mass is 16.5. The van der Waals surface area contributed by atoms with Gasteiger partial charge in [-0.3, -0.25) is 14.5 Å². The minimum absolute atomic E-state index is 0.0579. The lowest BCUT2D eigenvalue weighted by molar-refractivity contribution is -0.150. The molecule has 2 fully saturated rings. The molecule has 3 atom stereocenters. The molecule has 3 unspecified atom stereocenters. The Bertz CT molecular complexity index is 346. The molecule has 19 heavy (non-hydrogen) atoms. The average Bonchev–Trinajstić information content (AvgIpc) is 2.81. The van der Waals surface area contributed by atoms with E-state index in [0.29, 0.717) is 6.54 Å². The van der Waals surface area contributed by atoms with Gasteiger partial charge in [-0.1, -0.05) is 19.8 Å². The number of carbonyl (C=O) groups is 2. The molecule has 2 aliphatic heterocycles. The zero-order chi connectivity index (χ0) is 13.8. The number of amides is 1. The molecule has 0 aromatic heterocycles. The zero-order valence-corrected chi connectivity index (χ0v) is 11.9. The highest BCUT2D eigenvalue weighted by Crippen LogP contribution is 2.30. The Morgan fingerprint density at radius 2 is 2.37 bits per heavy atom. The summed E-state index contributed by atoms with van der Waals surface area (Å²) in [5, 5.41) is 2.93. The maximum atomic E-state index is 12.0. The van der Waals surface area contributed by atoms with Crippen molar-refractivity contribution in [2.24, 2.45) is 5.92 Å². The fourth-order valence-corrected chi connectivity index (χ4v) is 3.32. The maximum Gasteiger partial charge on any atom is 0.323 e. The van der Waals surface area contributed by atoms with Crippen LogP contribution in [0.25, 0.3) is 0 Å². The van der Waals surface area contributed by atoms with Crippen LogP contribution in [0.2, 0.25) is 0 Å². The standard InChI is InChI=1S/C14H24N2O3/c1-3-4-7-11(14(18)19-2)16-8-5-6-10-12(16)9-15-13(10)17/h10-12H,3-9H2,1-2H3,(H,15,17). The lowest BCUT2D eigenvalue weighted by Gasteiger charge is -2.40. The monoisotopic (exact) mass is 268 g/mol. The van der Waals surface area contributed by atoms with Crippen LogP contribution in [-0.2, 0) is 14.3 Å². The van der Waals surface area contributed by atoms with Gasteiger partial charge in [0.1, 0.15) is 6.04 Å². The number of esters is 1. The maximum absolute atomic E-state index is 12.0. The SMILES string of the molecule is CCCCC(C(=O)OC)N1CCCC2C(=O)NCC21. The van der Waals surface area contributed by atoms with Crippen molar-refractivity contribution in [3.63, 3.8) is 0 Å². The van der Waals surface area contributed by atoms with Crippen molar-refractivity contribution < 1.29 is 14.3 Å². The third-order valence-electron chi connectivity index (χ3n) is 4.35. The van der Waals surface area contributed by atoms with Gasteiger partial charge >= 0.3 is 5.97 Å². The van der Waals surface area contributed by atoms with E-state index in [9.17, 15) is 9.59 Å². The number of hydrogen-bond acceptors (Lipinski definition) is 4. The van der Waals surface area contributed by atoms with Crippen LogP contribution in [0.5, 0.6) is 0 Å². The van der Waals surface area contributed by atoms with Gasteiger partial charge in [-0.15, -0.1) is 0 Å². The minimum Gasteiger partial charge on any atom is -0.468 e. The topological polar surface area (TPSA) is 58.6 Å². The molecule has 0 aliphatic carbocycles. The van der Waals surface area contributed by atoms with Gasteiger partial charge in [-0.2, -0.15) is 0 Å². The van der Waals surface area contributed by atoms with E-state index in [1.807, 2.05) is 0 Å².